The Kier molecular flexibility index (Phi) is 6.37. The fourth-order valence-corrected chi connectivity index (χ4v) is 3.13. The first-order valence-corrected chi connectivity index (χ1v) is 7.62. The molecule has 1 atom stereocenters. The Hall–Kier alpha value is -0.0800. The van der Waals surface area contributed by atoms with Crippen LogP contribution < -0.4 is 0 Å². The molecule has 0 heterocycles. The summed E-state index contributed by atoms with van der Waals surface area (Å²) in [7, 11) is 0. The zero-order valence-corrected chi connectivity index (χ0v) is 12.2. The number of hydrogen-bond donors (Lipinski definition) is 1. The van der Waals surface area contributed by atoms with Crippen molar-refractivity contribution in [2.24, 2.45) is 5.92 Å². The van der Waals surface area contributed by atoms with E-state index < -0.39 is 0 Å². The molecular formula is C14H22S2. The van der Waals surface area contributed by atoms with Crippen molar-refractivity contribution in [3.8, 4) is 0 Å². The van der Waals surface area contributed by atoms with E-state index in [1.165, 1.54) is 22.6 Å². The van der Waals surface area contributed by atoms with Crippen molar-refractivity contribution in [2.75, 3.05) is 11.5 Å². The summed E-state index contributed by atoms with van der Waals surface area (Å²) in [6.07, 6.45) is 1.22. The molecule has 0 saturated heterocycles. The second kappa shape index (κ2) is 7.29. The highest BCUT2D eigenvalue weighted by atomic mass is 32.2. The van der Waals surface area contributed by atoms with Crippen LogP contribution in [-0.4, -0.2) is 11.5 Å². The number of benzene rings is 1. The Morgan fingerprint density at radius 2 is 1.81 bits per heavy atom. The SMILES string of the molecule is CCC(CS)CSc1ccc(C(C)C)cc1. The van der Waals surface area contributed by atoms with Crippen LogP contribution in [0.2, 0.25) is 0 Å². The minimum Gasteiger partial charge on any atom is -0.179 e. The van der Waals surface area contributed by atoms with Crippen LogP contribution in [0.5, 0.6) is 0 Å². The molecule has 0 aliphatic rings. The monoisotopic (exact) mass is 254 g/mol. The van der Waals surface area contributed by atoms with Gasteiger partial charge in [-0.15, -0.1) is 11.8 Å². The zero-order valence-electron chi connectivity index (χ0n) is 10.4. The molecule has 0 aliphatic carbocycles. The van der Waals surface area contributed by atoms with Gasteiger partial charge in [-0.05, 0) is 35.3 Å². The van der Waals surface area contributed by atoms with E-state index in [-0.39, 0.29) is 0 Å². The highest BCUT2D eigenvalue weighted by Crippen LogP contribution is 2.24. The van der Waals surface area contributed by atoms with E-state index in [0.717, 1.165) is 11.7 Å². The smallest absolute Gasteiger partial charge is 0.00722 e. The standard InChI is InChI=1S/C14H22S2/c1-4-12(9-15)10-16-14-7-5-13(6-8-14)11(2)3/h5-8,11-12,15H,4,9-10H2,1-3H3. The van der Waals surface area contributed by atoms with Crippen LogP contribution in [0.4, 0.5) is 0 Å². The van der Waals surface area contributed by atoms with Gasteiger partial charge in [0.05, 0.1) is 0 Å². The van der Waals surface area contributed by atoms with Crippen molar-refractivity contribution in [3.63, 3.8) is 0 Å². The maximum Gasteiger partial charge on any atom is 0.00722 e. The zero-order chi connectivity index (χ0) is 12.0. The van der Waals surface area contributed by atoms with Crippen molar-refractivity contribution in [1.29, 1.82) is 0 Å². The molecule has 0 fully saturated rings. The van der Waals surface area contributed by atoms with Crippen molar-refractivity contribution in [1.82, 2.24) is 0 Å². The number of hydrogen-bond acceptors (Lipinski definition) is 2. The lowest BCUT2D eigenvalue weighted by Gasteiger charge is -2.11. The Balaban J connectivity index is 2.49. The van der Waals surface area contributed by atoms with E-state index >= 15 is 0 Å². The lowest BCUT2D eigenvalue weighted by atomic mass is 10.0. The van der Waals surface area contributed by atoms with Crippen LogP contribution in [0, 0.1) is 5.92 Å². The molecule has 1 aromatic rings. The van der Waals surface area contributed by atoms with Gasteiger partial charge in [-0.25, -0.2) is 0 Å². The fraction of sp³-hybridized carbons (Fsp3) is 0.571. The van der Waals surface area contributed by atoms with Gasteiger partial charge in [0.1, 0.15) is 0 Å². The summed E-state index contributed by atoms with van der Waals surface area (Å²) in [5, 5.41) is 0. The van der Waals surface area contributed by atoms with Crippen LogP contribution in [0.1, 0.15) is 38.7 Å². The van der Waals surface area contributed by atoms with Crippen LogP contribution >= 0.6 is 24.4 Å². The Morgan fingerprint density at radius 3 is 2.25 bits per heavy atom. The molecule has 1 rings (SSSR count). The molecule has 0 aliphatic heterocycles. The molecule has 0 radical (unpaired) electrons. The summed E-state index contributed by atoms with van der Waals surface area (Å²) in [5.41, 5.74) is 1.42. The minimum absolute atomic E-state index is 0.625. The van der Waals surface area contributed by atoms with Gasteiger partial charge in [-0.3, -0.25) is 0 Å². The van der Waals surface area contributed by atoms with E-state index in [4.69, 9.17) is 0 Å². The van der Waals surface area contributed by atoms with Crippen molar-refractivity contribution in [2.45, 2.75) is 38.0 Å². The Morgan fingerprint density at radius 1 is 1.19 bits per heavy atom. The van der Waals surface area contributed by atoms with Crippen molar-refractivity contribution in [3.05, 3.63) is 29.8 Å². The summed E-state index contributed by atoms with van der Waals surface area (Å²) in [4.78, 5) is 1.38. The van der Waals surface area contributed by atoms with Gasteiger partial charge in [-0.1, -0.05) is 39.3 Å². The Labute approximate surface area is 110 Å². The third kappa shape index (κ3) is 4.42. The quantitative estimate of drug-likeness (QED) is 0.559. The third-order valence-corrected chi connectivity index (χ3v) is 4.63. The van der Waals surface area contributed by atoms with Gasteiger partial charge in [-0.2, -0.15) is 12.6 Å². The van der Waals surface area contributed by atoms with E-state index in [2.05, 4.69) is 57.7 Å². The third-order valence-electron chi connectivity index (χ3n) is 2.87. The van der Waals surface area contributed by atoms with Crippen LogP contribution in [-0.2, 0) is 0 Å². The summed E-state index contributed by atoms with van der Waals surface area (Å²) in [5.74, 6) is 3.53. The van der Waals surface area contributed by atoms with Crippen molar-refractivity contribution >= 4 is 24.4 Å². The van der Waals surface area contributed by atoms with Gasteiger partial charge >= 0.3 is 0 Å². The van der Waals surface area contributed by atoms with Crippen molar-refractivity contribution < 1.29 is 0 Å². The summed E-state index contributed by atoms with van der Waals surface area (Å²) < 4.78 is 0. The number of thiol groups is 1. The van der Waals surface area contributed by atoms with Crippen LogP contribution in [0.3, 0.4) is 0 Å². The maximum atomic E-state index is 4.37. The molecule has 0 amide bonds. The lowest BCUT2D eigenvalue weighted by molar-refractivity contribution is 0.649. The molecule has 0 N–H and O–H groups in total. The van der Waals surface area contributed by atoms with Gasteiger partial charge < -0.3 is 0 Å². The van der Waals surface area contributed by atoms with E-state index in [0.29, 0.717) is 5.92 Å². The second-order valence-corrected chi connectivity index (χ2v) is 5.95. The molecule has 1 aromatic carbocycles. The van der Waals surface area contributed by atoms with E-state index in [1.807, 2.05) is 11.8 Å². The molecule has 2 heteroatoms. The van der Waals surface area contributed by atoms with Crippen LogP contribution in [0.15, 0.2) is 29.2 Å². The summed E-state index contributed by atoms with van der Waals surface area (Å²) >= 11 is 6.32. The topological polar surface area (TPSA) is 0 Å². The van der Waals surface area contributed by atoms with E-state index in [9.17, 15) is 0 Å². The second-order valence-electron chi connectivity index (χ2n) is 4.49. The summed E-state index contributed by atoms with van der Waals surface area (Å²) in [6.45, 7) is 6.70. The lowest BCUT2D eigenvalue weighted by Crippen LogP contribution is -2.03. The molecular weight excluding hydrogens is 232 g/mol. The average Bonchev–Trinajstić information content (AvgIpc) is 2.31. The first-order chi connectivity index (χ1) is 7.67. The maximum absolute atomic E-state index is 4.37. The average molecular weight is 254 g/mol. The normalized spacial score (nSPS) is 13.1. The van der Waals surface area contributed by atoms with Gasteiger partial charge in [0.2, 0.25) is 0 Å². The first-order valence-electron chi connectivity index (χ1n) is 6.01. The highest BCUT2D eigenvalue weighted by molar-refractivity contribution is 7.99. The molecule has 90 valence electrons. The van der Waals surface area contributed by atoms with E-state index in [1.54, 1.807) is 0 Å². The predicted octanol–water partition coefficient (Wildman–Crippen LogP) is 4.86. The molecule has 0 saturated carbocycles. The molecule has 0 spiro atoms. The van der Waals surface area contributed by atoms with Gasteiger partial charge in [0, 0.05) is 10.6 Å². The fourth-order valence-electron chi connectivity index (χ4n) is 1.46. The van der Waals surface area contributed by atoms with Gasteiger partial charge in [0.25, 0.3) is 0 Å². The first kappa shape index (κ1) is 14.0. The van der Waals surface area contributed by atoms with Gasteiger partial charge in [0.15, 0.2) is 0 Å². The predicted molar refractivity (Wildman–Crippen MR) is 78.9 cm³/mol. The molecule has 16 heavy (non-hydrogen) atoms. The summed E-state index contributed by atoms with van der Waals surface area (Å²) in [6, 6.07) is 8.97. The highest BCUT2D eigenvalue weighted by Gasteiger charge is 2.05. The molecule has 0 aromatic heterocycles. The molecule has 0 bridgehead atoms. The van der Waals surface area contributed by atoms with Crippen LogP contribution in [0.25, 0.3) is 0 Å². The Bertz CT molecular complexity index is 286. The minimum atomic E-state index is 0.625. The number of rotatable bonds is 6. The molecule has 0 nitrogen and oxygen atoms in total. The number of thioether (sulfide) groups is 1. The largest absolute Gasteiger partial charge is 0.179 e. The molecule has 1 unspecified atom stereocenters.